The second kappa shape index (κ2) is 6.34. The van der Waals surface area contributed by atoms with Crippen LogP contribution in [0.5, 0.6) is 0 Å². The van der Waals surface area contributed by atoms with Crippen molar-refractivity contribution in [2.45, 2.75) is 32.2 Å². The fourth-order valence-corrected chi connectivity index (χ4v) is 4.17. The van der Waals surface area contributed by atoms with Crippen LogP contribution < -0.4 is 5.32 Å². The number of aliphatic carboxylic acids is 1. The van der Waals surface area contributed by atoms with Crippen LogP contribution >= 0.6 is 0 Å². The number of nitro benzene ring substituents is 1. The van der Waals surface area contributed by atoms with Gasteiger partial charge >= 0.3 is 12.0 Å². The topological polar surface area (TPSA) is 113 Å². The summed E-state index contributed by atoms with van der Waals surface area (Å²) < 4.78 is 0. The van der Waals surface area contributed by atoms with Crippen molar-refractivity contribution < 1.29 is 19.6 Å². The molecule has 2 fully saturated rings. The molecule has 2 amide bonds. The summed E-state index contributed by atoms with van der Waals surface area (Å²) in [5.41, 5.74) is -0.456. The van der Waals surface area contributed by atoms with Gasteiger partial charge in [-0.05, 0) is 25.7 Å². The Bertz CT molecular complexity index is 722. The molecule has 8 heteroatoms. The summed E-state index contributed by atoms with van der Waals surface area (Å²) in [7, 11) is 0. The lowest BCUT2D eigenvalue weighted by atomic mass is 9.81. The molecule has 1 saturated heterocycles. The lowest BCUT2D eigenvalue weighted by Gasteiger charge is -2.24. The first kappa shape index (κ1) is 17.2. The SMILES string of the molecule is CC(NC(=O)N1C[C@@H]2CCC[C@@]2(C(=O)O)C1)c1ccccc1[N+](=O)[O-]. The van der Waals surface area contributed by atoms with Crippen LogP contribution in [0.15, 0.2) is 24.3 Å². The van der Waals surface area contributed by atoms with Gasteiger partial charge in [0, 0.05) is 19.2 Å². The van der Waals surface area contributed by atoms with E-state index in [1.54, 1.807) is 25.1 Å². The predicted molar refractivity (Wildman–Crippen MR) is 89.0 cm³/mol. The van der Waals surface area contributed by atoms with Gasteiger partial charge in [0.15, 0.2) is 0 Å². The van der Waals surface area contributed by atoms with Crippen molar-refractivity contribution in [2.75, 3.05) is 13.1 Å². The van der Waals surface area contributed by atoms with E-state index in [-0.39, 0.29) is 24.2 Å². The highest BCUT2D eigenvalue weighted by atomic mass is 16.6. The Balaban J connectivity index is 1.71. The maximum atomic E-state index is 12.6. The number of carboxylic acid groups (broad SMARTS) is 1. The zero-order valence-electron chi connectivity index (χ0n) is 14.0. The number of hydrogen-bond acceptors (Lipinski definition) is 4. The molecule has 0 radical (unpaired) electrons. The highest BCUT2D eigenvalue weighted by molar-refractivity contribution is 5.80. The third kappa shape index (κ3) is 2.92. The van der Waals surface area contributed by atoms with E-state index in [2.05, 4.69) is 5.32 Å². The zero-order chi connectivity index (χ0) is 18.2. The summed E-state index contributed by atoms with van der Waals surface area (Å²) in [6.45, 7) is 2.30. The molecular weight excluding hydrogens is 326 g/mol. The third-order valence-electron chi connectivity index (χ3n) is 5.52. The summed E-state index contributed by atoms with van der Waals surface area (Å²) in [6.07, 6.45) is 2.28. The largest absolute Gasteiger partial charge is 0.481 e. The molecule has 134 valence electrons. The average molecular weight is 347 g/mol. The van der Waals surface area contributed by atoms with E-state index in [0.717, 1.165) is 12.8 Å². The number of carbonyl (C=O) groups is 2. The van der Waals surface area contributed by atoms with E-state index in [0.29, 0.717) is 18.5 Å². The molecule has 25 heavy (non-hydrogen) atoms. The second-order valence-electron chi connectivity index (χ2n) is 6.92. The van der Waals surface area contributed by atoms with Crippen molar-refractivity contribution >= 4 is 17.7 Å². The Kier molecular flexibility index (Phi) is 4.36. The zero-order valence-corrected chi connectivity index (χ0v) is 14.0. The van der Waals surface area contributed by atoms with Crippen LogP contribution in [-0.4, -0.2) is 40.0 Å². The lowest BCUT2D eigenvalue weighted by molar-refractivity contribution is -0.385. The van der Waals surface area contributed by atoms with Gasteiger partial charge in [-0.25, -0.2) is 4.79 Å². The number of hydrogen-bond donors (Lipinski definition) is 2. The van der Waals surface area contributed by atoms with Gasteiger partial charge < -0.3 is 15.3 Å². The van der Waals surface area contributed by atoms with Gasteiger partial charge in [-0.3, -0.25) is 14.9 Å². The Morgan fingerprint density at radius 1 is 1.44 bits per heavy atom. The van der Waals surface area contributed by atoms with Crippen molar-refractivity contribution in [3.05, 3.63) is 39.9 Å². The lowest BCUT2D eigenvalue weighted by Crippen LogP contribution is -2.42. The molecule has 0 bridgehead atoms. The first-order valence-corrected chi connectivity index (χ1v) is 8.37. The van der Waals surface area contributed by atoms with Gasteiger partial charge in [-0.2, -0.15) is 0 Å². The molecule has 0 spiro atoms. The molecule has 1 aromatic rings. The Morgan fingerprint density at radius 3 is 2.80 bits per heavy atom. The highest BCUT2D eigenvalue weighted by Gasteiger charge is 2.55. The van der Waals surface area contributed by atoms with Gasteiger partial charge in [0.25, 0.3) is 5.69 Å². The maximum Gasteiger partial charge on any atom is 0.317 e. The number of para-hydroxylation sites is 1. The molecule has 2 N–H and O–H groups in total. The van der Waals surface area contributed by atoms with Crippen molar-refractivity contribution in [2.24, 2.45) is 11.3 Å². The highest BCUT2D eigenvalue weighted by Crippen LogP contribution is 2.48. The van der Waals surface area contributed by atoms with Crippen LogP contribution in [-0.2, 0) is 4.79 Å². The van der Waals surface area contributed by atoms with Crippen LogP contribution in [0.1, 0.15) is 37.8 Å². The minimum atomic E-state index is -0.836. The molecule has 0 aromatic heterocycles. The molecule has 2 aliphatic rings. The number of benzene rings is 1. The van der Waals surface area contributed by atoms with Crippen molar-refractivity contribution in [1.82, 2.24) is 10.2 Å². The number of amides is 2. The van der Waals surface area contributed by atoms with Gasteiger partial charge in [-0.1, -0.05) is 24.6 Å². The van der Waals surface area contributed by atoms with Crippen molar-refractivity contribution in [3.63, 3.8) is 0 Å². The Hall–Kier alpha value is -2.64. The van der Waals surface area contributed by atoms with Gasteiger partial charge in [0.2, 0.25) is 0 Å². The summed E-state index contributed by atoms with van der Waals surface area (Å²) in [5.74, 6) is -0.853. The minimum absolute atomic E-state index is 0.0166. The van der Waals surface area contributed by atoms with Crippen LogP contribution in [0, 0.1) is 21.4 Å². The molecule has 1 unspecified atom stereocenters. The first-order valence-electron chi connectivity index (χ1n) is 8.37. The second-order valence-corrected chi connectivity index (χ2v) is 6.92. The summed E-state index contributed by atoms with van der Waals surface area (Å²) in [4.78, 5) is 36.5. The minimum Gasteiger partial charge on any atom is -0.481 e. The number of urea groups is 1. The van der Waals surface area contributed by atoms with Crippen LogP contribution in [0.2, 0.25) is 0 Å². The summed E-state index contributed by atoms with van der Waals surface area (Å²) >= 11 is 0. The molecule has 1 aliphatic carbocycles. The smallest absolute Gasteiger partial charge is 0.317 e. The Labute approximate surface area is 145 Å². The van der Waals surface area contributed by atoms with E-state index >= 15 is 0 Å². The molecule has 1 saturated carbocycles. The number of carboxylic acids is 1. The fourth-order valence-electron chi connectivity index (χ4n) is 4.17. The number of nitrogens with zero attached hydrogens (tertiary/aromatic N) is 2. The normalized spacial score (nSPS) is 26.1. The number of nitrogens with one attached hydrogen (secondary N) is 1. The molecule has 8 nitrogen and oxygen atoms in total. The molecule has 1 heterocycles. The molecule has 3 rings (SSSR count). The number of nitro groups is 1. The van der Waals surface area contributed by atoms with Crippen molar-refractivity contribution in [1.29, 1.82) is 0 Å². The number of rotatable bonds is 4. The average Bonchev–Trinajstić information content (AvgIpc) is 3.13. The van der Waals surface area contributed by atoms with Gasteiger partial charge in [-0.15, -0.1) is 0 Å². The molecule has 3 atom stereocenters. The fraction of sp³-hybridized carbons (Fsp3) is 0.529. The number of likely N-dealkylation sites (tertiary alicyclic amines) is 1. The quantitative estimate of drug-likeness (QED) is 0.642. The van der Waals surface area contributed by atoms with Crippen LogP contribution in [0.4, 0.5) is 10.5 Å². The molecule has 1 aromatic carbocycles. The van der Waals surface area contributed by atoms with Gasteiger partial charge in [0.1, 0.15) is 0 Å². The van der Waals surface area contributed by atoms with E-state index in [4.69, 9.17) is 0 Å². The first-order chi connectivity index (χ1) is 11.8. The van der Waals surface area contributed by atoms with E-state index in [1.165, 1.54) is 11.0 Å². The predicted octanol–water partition coefficient (Wildman–Crippen LogP) is 2.55. The number of fused-ring (bicyclic) bond motifs is 1. The van der Waals surface area contributed by atoms with Crippen molar-refractivity contribution in [3.8, 4) is 0 Å². The summed E-state index contributed by atoms with van der Waals surface area (Å²) in [6, 6.07) is 5.35. The monoisotopic (exact) mass is 347 g/mol. The van der Waals surface area contributed by atoms with E-state index in [1.807, 2.05) is 0 Å². The standard InChI is InChI=1S/C17H21N3O5/c1-11(13-6-2-3-7-14(13)20(24)25)18-16(23)19-9-12-5-4-8-17(12,10-19)15(21)22/h2-3,6-7,11-12H,4-5,8-10H2,1H3,(H,18,23)(H,21,22)/t11?,12-,17+/m0/s1. The van der Waals surface area contributed by atoms with Crippen LogP contribution in [0.3, 0.4) is 0 Å². The molecule has 1 aliphatic heterocycles. The third-order valence-corrected chi connectivity index (χ3v) is 5.52. The number of carbonyl (C=O) groups excluding carboxylic acids is 1. The molecular formula is C17H21N3O5. The van der Waals surface area contributed by atoms with Gasteiger partial charge in [0.05, 0.1) is 21.9 Å². The maximum absolute atomic E-state index is 12.6. The van der Waals surface area contributed by atoms with Crippen LogP contribution in [0.25, 0.3) is 0 Å². The summed E-state index contributed by atoms with van der Waals surface area (Å²) in [5, 5.41) is 23.5. The van der Waals surface area contributed by atoms with E-state index in [9.17, 15) is 24.8 Å². The van der Waals surface area contributed by atoms with E-state index < -0.39 is 22.3 Å². The Morgan fingerprint density at radius 2 is 2.16 bits per heavy atom.